The summed E-state index contributed by atoms with van der Waals surface area (Å²) in [6, 6.07) is 0. The minimum Gasteiger partial charge on any atom is -0.433 e. The topological polar surface area (TPSA) is 54.0 Å². The quantitative estimate of drug-likeness (QED) is 0.615. The number of carbonyl (C=O) groups excluding carboxylic acids is 1. The summed E-state index contributed by atoms with van der Waals surface area (Å²) < 4.78 is 25.6. The van der Waals surface area contributed by atoms with E-state index >= 15 is 0 Å². The monoisotopic (exact) mass is 362 g/mol. The van der Waals surface area contributed by atoms with E-state index in [2.05, 4.69) is 0 Å². The molecular weight excluding hydrogens is 332 g/mol. The van der Waals surface area contributed by atoms with Crippen LogP contribution in [0.5, 0.6) is 0 Å². The Labute approximate surface area is 155 Å². The van der Waals surface area contributed by atoms with Crippen molar-refractivity contribution in [3.8, 4) is 0 Å². The van der Waals surface area contributed by atoms with Crippen molar-refractivity contribution in [2.24, 2.45) is 16.2 Å². The van der Waals surface area contributed by atoms with Crippen LogP contribution < -0.4 is 0 Å². The van der Waals surface area contributed by atoms with Gasteiger partial charge in [0.25, 0.3) is 0 Å². The fourth-order valence-electron chi connectivity index (χ4n) is 7.86. The molecule has 4 aliphatic carbocycles. The van der Waals surface area contributed by atoms with Crippen LogP contribution in [-0.4, -0.2) is 36.4 Å². The summed E-state index contributed by atoms with van der Waals surface area (Å²) in [6.07, 6.45) is 10.3. The maximum Gasteiger partial charge on any atom is 0.318 e. The molecule has 5 heteroatoms. The van der Waals surface area contributed by atoms with Crippen molar-refractivity contribution in [1.29, 1.82) is 0 Å². The van der Waals surface area contributed by atoms with Crippen LogP contribution in [0.2, 0.25) is 0 Å². The predicted molar refractivity (Wildman–Crippen MR) is 92.1 cm³/mol. The molecule has 0 bridgehead atoms. The number of carbonyl (C=O) groups is 1. The molecule has 6 fully saturated rings. The molecule has 0 aromatic heterocycles. The van der Waals surface area contributed by atoms with Gasteiger partial charge in [0.2, 0.25) is 5.79 Å². The van der Waals surface area contributed by atoms with Crippen molar-refractivity contribution in [2.45, 2.75) is 102 Å². The van der Waals surface area contributed by atoms with Crippen LogP contribution in [0, 0.1) is 16.2 Å². The van der Waals surface area contributed by atoms with Gasteiger partial charge in [-0.05, 0) is 46.0 Å². The Morgan fingerprint density at radius 3 is 2.46 bits per heavy atom. The fourth-order valence-corrected chi connectivity index (χ4v) is 7.86. The summed E-state index contributed by atoms with van der Waals surface area (Å²) in [4.78, 5) is 13.5. The first-order chi connectivity index (χ1) is 12.4. The summed E-state index contributed by atoms with van der Waals surface area (Å²) in [5, 5.41) is 0. The molecular formula is C21H30O5. The second-order valence-corrected chi connectivity index (χ2v) is 10.2. The molecule has 5 nitrogen and oxygen atoms in total. The van der Waals surface area contributed by atoms with Crippen LogP contribution in [0.3, 0.4) is 0 Å². The Morgan fingerprint density at radius 2 is 1.65 bits per heavy atom. The van der Waals surface area contributed by atoms with Crippen LogP contribution in [0.25, 0.3) is 0 Å². The molecule has 5 atom stereocenters. The molecule has 0 N–H and O–H groups in total. The smallest absolute Gasteiger partial charge is 0.318 e. The van der Waals surface area contributed by atoms with Gasteiger partial charge in [-0.2, -0.15) is 0 Å². The van der Waals surface area contributed by atoms with Crippen LogP contribution in [0.4, 0.5) is 0 Å². The molecule has 0 amide bonds. The van der Waals surface area contributed by atoms with Gasteiger partial charge in [0.15, 0.2) is 5.79 Å². The second-order valence-electron chi connectivity index (χ2n) is 10.2. The number of rotatable bonds is 0. The van der Waals surface area contributed by atoms with E-state index in [0.29, 0.717) is 6.61 Å². The van der Waals surface area contributed by atoms with E-state index < -0.39 is 17.0 Å². The van der Waals surface area contributed by atoms with Gasteiger partial charge in [-0.1, -0.05) is 19.3 Å². The van der Waals surface area contributed by atoms with Crippen molar-refractivity contribution in [3.05, 3.63) is 0 Å². The normalized spacial score (nSPS) is 53.1. The third-order valence-corrected chi connectivity index (χ3v) is 8.83. The Hall–Kier alpha value is -0.650. The number of ether oxygens (including phenoxy) is 4. The largest absolute Gasteiger partial charge is 0.433 e. The Balaban J connectivity index is 1.46. The van der Waals surface area contributed by atoms with Gasteiger partial charge in [0.05, 0.1) is 18.8 Å². The van der Waals surface area contributed by atoms with Crippen LogP contribution in [-0.2, 0) is 23.7 Å². The molecule has 6 rings (SSSR count). The zero-order valence-electron chi connectivity index (χ0n) is 16.0. The van der Waals surface area contributed by atoms with Crippen LogP contribution in [0.1, 0.15) is 78.1 Å². The van der Waals surface area contributed by atoms with E-state index in [-0.39, 0.29) is 29.0 Å². The second kappa shape index (κ2) is 4.66. The zero-order chi connectivity index (χ0) is 17.8. The number of hydrogen-bond donors (Lipinski definition) is 0. The Kier molecular flexibility index (Phi) is 2.93. The lowest BCUT2D eigenvalue weighted by molar-refractivity contribution is -0.472. The highest BCUT2D eigenvalue weighted by molar-refractivity contribution is 5.85. The van der Waals surface area contributed by atoms with Crippen molar-refractivity contribution in [1.82, 2.24) is 0 Å². The summed E-state index contributed by atoms with van der Waals surface area (Å²) in [7, 11) is 0. The zero-order valence-corrected chi connectivity index (χ0v) is 16.0. The lowest BCUT2D eigenvalue weighted by atomic mass is 9.22. The van der Waals surface area contributed by atoms with Crippen LogP contribution >= 0.6 is 0 Å². The summed E-state index contributed by atoms with van der Waals surface area (Å²) in [6.45, 7) is 4.66. The average Bonchev–Trinajstić information content (AvgIpc) is 2.64. The van der Waals surface area contributed by atoms with E-state index in [1.54, 1.807) is 0 Å². The molecule has 0 aromatic rings. The first-order valence-electron chi connectivity index (χ1n) is 10.6. The Bertz CT molecular complexity index is 667. The highest BCUT2D eigenvalue weighted by atomic mass is 16.7. The molecule has 2 heterocycles. The maximum atomic E-state index is 13.5. The molecule has 144 valence electrons. The van der Waals surface area contributed by atoms with Crippen molar-refractivity contribution >= 4 is 5.97 Å². The average molecular weight is 362 g/mol. The molecule has 0 aromatic carbocycles. The first kappa shape index (κ1) is 16.3. The molecule has 0 radical (unpaired) electrons. The van der Waals surface area contributed by atoms with Gasteiger partial charge >= 0.3 is 5.97 Å². The van der Waals surface area contributed by atoms with E-state index in [9.17, 15) is 4.79 Å². The van der Waals surface area contributed by atoms with Gasteiger partial charge in [-0.25, -0.2) is 0 Å². The van der Waals surface area contributed by atoms with Gasteiger partial charge in [0, 0.05) is 23.7 Å². The van der Waals surface area contributed by atoms with Crippen molar-refractivity contribution in [3.63, 3.8) is 0 Å². The number of esters is 1. The fraction of sp³-hybridized carbons (Fsp3) is 0.952. The van der Waals surface area contributed by atoms with E-state index in [1.807, 2.05) is 13.8 Å². The predicted octanol–water partition coefficient (Wildman–Crippen LogP) is 3.69. The van der Waals surface area contributed by atoms with E-state index in [0.717, 1.165) is 51.4 Å². The first-order valence-corrected chi connectivity index (χ1v) is 10.6. The van der Waals surface area contributed by atoms with Gasteiger partial charge in [0.1, 0.15) is 5.41 Å². The third kappa shape index (κ3) is 1.53. The van der Waals surface area contributed by atoms with E-state index in [4.69, 9.17) is 18.9 Å². The van der Waals surface area contributed by atoms with Gasteiger partial charge < -0.3 is 18.9 Å². The minimum atomic E-state index is -0.669. The SMILES string of the molecule is CC1(C)OC[C@]23CCCC[C@]24[C@@H](C[C@@]42C(=O)OC4(CCCCC4)O[C@@H]32)O1. The van der Waals surface area contributed by atoms with Crippen molar-refractivity contribution < 1.29 is 23.7 Å². The van der Waals surface area contributed by atoms with Crippen molar-refractivity contribution in [2.75, 3.05) is 6.61 Å². The summed E-state index contributed by atoms with van der Waals surface area (Å²) >= 11 is 0. The molecule has 26 heavy (non-hydrogen) atoms. The highest BCUT2D eigenvalue weighted by Gasteiger charge is 2.94. The molecule has 3 spiro atoms. The lowest BCUT2D eigenvalue weighted by Crippen LogP contribution is -2.92. The lowest BCUT2D eigenvalue weighted by Gasteiger charge is -2.84. The minimum absolute atomic E-state index is 0.00716. The van der Waals surface area contributed by atoms with Crippen LogP contribution in [0.15, 0.2) is 0 Å². The molecule has 2 saturated heterocycles. The molecule has 6 aliphatic rings. The summed E-state index contributed by atoms with van der Waals surface area (Å²) in [5.41, 5.74) is -0.694. The molecule has 2 aliphatic heterocycles. The number of hydrogen-bond acceptors (Lipinski definition) is 5. The molecule has 4 saturated carbocycles. The van der Waals surface area contributed by atoms with E-state index in [1.165, 1.54) is 12.8 Å². The summed E-state index contributed by atoms with van der Waals surface area (Å²) in [5.74, 6) is -1.26. The standard InChI is InChI=1S/C21H30O5/c1-17(2)23-13-18-8-6-7-11-21(18)14(24-17)12-20(21)15(18)25-19(26-16(20)22)9-4-3-5-10-19/h14-15H,3-13H2,1-2H3/t14-,15+,18+,20-,21+/m1/s1. The van der Waals surface area contributed by atoms with Gasteiger partial charge in [-0.3, -0.25) is 4.79 Å². The Morgan fingerprint density at radius 1 is 0.923 bits per heavy atom. The molecule has 0 unspecified atom stereocenters. The maximum absolute atomic E-state index is 13.5. The highest BCUT2D eigenvalue weighted by Crippen LogP contribution is 2.86. The van der Waals surface area contributed by atoms with Gasteiger partial charge in [-0.15, -0.1) is 0 Å². The third-order valence-electron chi connectivity index (χ3n) is 8.83.